The molecule has 30 heavy (non-hydrogen) atoms. The molecule has 0 atom stereocenters. The molecule has 4 aromatic carbocycles. The van der Waals surface area contributed by atoms with E-state index in [-0.39, 0.29) is 13.5 Å². The summed E-state index contributed by atoms with van der Waals surface area (Å²) >= 11 is 9.21. The van der Waals surface area contributed by atoms with Gasteiger partial charge in [-0.15, -0.1) is 58.8 Å². The number of hydrogen-bond acceptors (Lipinski definition) is 5. The molecule has 0 aliphatic carbocycles. The molecule has 4 aromatic rings. The van der Waals surface area contributed by atoms with Crippen LogP contribution in [0.1, 0.15) is 5.56 Å². The zero-order chi connectivity index (χ0) is 20.7. The Morgan fingerprint density at radius 1 is 0.400 bits per heavy atom. The van der Waals surface area contributed by atoms with Gasteiger partial charge in [-0.3, -0.25) is 0 Å². The van der Waals surface area contributed by atoms with E-state index in [4.69, 9.17) is 0 Å². The Morgan fingerprint density at radius 2 is 0.633 bits per heavy atom. The predicted molar refractivity (Wildman–Crippen MR) is 153 cm³/mol. The number of fused-ring (bicyclic) bond motifs is 6. The van der Waals surface area contributed by atoms with Crippen LogP contribution in [-0.2, 0) is 0 Å². The lowest BCUT2D eigenvalue weighted by atomic mass is 9.93. The minimum absolute atomic E-state index is 0. The monoisotopic (exact) mass is 506 g/mol. The van der Waals surface area contributed by atoms with Crippen LogP contribution < -0.4 is 0 Å². The summed E-state index contributed by atoms with van der Waals surface area (Å²) in [5.74, 6) is 0. The fraction of sp³-hybridized carbons (Fsp3) is 0.250. The van der Waals surface area contributed by atoms with Crippen LogP contribution in [0.2, 0.25) is 0 Å². The van der Waals surface area contributed by atoms with Crippen molar-refractivity contribution in [2.45, 2.75) is 31.4 Å². The summed E-state index contributed by atoms with van der Waals surface area (Å²) in [7, 11) is 0. The molecule has 0 aromatic heterocycles. The van der Waals surface area contributed by atoms with Gasteiger partial charge in [0.15, 0.2) is 0 Å². The SMILES string of the molecule is CSc1cc2c(cc1C)c1cc(SC)c(SC)cc1c1cc(SC)c(SC)cc21.S. The van der Waals surface area contributed by atoms with E-state index in [1.807, 2.05) is 58.8 Å². The van der Waals surface area contributed by atoms with E-state index in [1.54, 1.807) is 0 Å². The van der Waals surface area contributed by atoms with Crippen LogP contribution in [0.5, 0.6) is 0 Å². The highest BCUT2D eigenvalue weighted by Crippen LogP contribution is 2.44. The molecule has 0 fully saturated rings. The van der Waals surface area contributed by atoms with Crippen LogP contribution in [0, 0.1) is 6.92 Å². The third-order valence-corrected chi connectivity index (χ3v) is 9.70. The normalized spacial score (nSPS) is 11.4. The van der Waals surface area contributed by atoms with Crippen LogP contribution in [0.25, 0.3) is 32.3 Å². The Bertz CT molecular complexity index is 1210. The molecule has 0 heterocycles. The molecule has 0 bridgehead atoms. The second-order valence-corrected chi connectivity index (χ2v) is 11.1. The summed E-state index contributed by atoms with van der Waals surface area (Å²) in [4.78, 5) is 6.82. The topological polar surface area (TPSA) is 0 Å². The highest BCUT2D eigenvalue weighted by atomic mass is 32.2. The van der Waals surface area contributed by atoms with Crippen molar-refractivity contribution in [1.29, 1.82) is 0 Å². The Balaban J connectivity index is 0.00000256. The number of rotatable bonds is 5. The molecule has 6 heteroatoms. The first-order chi connectivity index (χ1) is 14.1. The molecule has 0 amide bonds. The average molecular weight is 507 g/mol. The number of benzene rings is 4. The summed E-state index contributed by atoms with van der Waals surface area (Å²) in [5.41, 5.74) is 1.36. The maximum atomic E-state index is 2.41. The molecule has 0 unspecified atom stereocenters. The molecular formula is C24H26S6. The molecule has 0 saturated heterocycles. The lowest BCUT2D eigenvalue weighted by Gasteiger charge is -2.17. The van der Waals surface area contributed by atoms with Crippen molar-refractivity contribution in [3.63, 3.8) is 0 Å². The molecule has 0 aliphatic rings. The molecular weight excluding hydrogens is 481 g/mol. The quantitative estimate of drug-likeness (QED) is 0.195. The first-order valence-electron chi connectivity index (χ1n) is 9.28. The van der Waals surface area contributed by atoms with Crippen molar-refractivity contribution in [3.05, 3.63) is 42.0 Å². The smallest absolute Gasteiger partial charge is 0.0212 e. The van der Waals surface area contributed by atoms with E-state index in [1.165, 1.54) is 62.4 Å². The summed E-state index contributed by atoms with van der Waals surface area (Å²) in [6.45, 7) is 2.23. The molecule has 0 aliphatic heterocycles. The lowest BCUT2D eigenvalue weighted by molar-refractivity contribution is 1.28. The van der Waals surface area contributed by atoms with E-state index in [0.717, 1.165) is 0 Å². The van der Waals surface area contributed by atoms with E-state index >= 15 is 0 Å². The van der Waals surface area contributed by atoms with Crippen LogP contribution in [0.15, 0.2) is 60.9 Å². The molecule has 0 nitrogen and oxygen atoms in total. The van der Waals surface area contributed by atoms with Gasteiger partial charge in [0.1, 0.15) is 0 Å². The van der Waals surface area contributed by atoms with Gasteiger partial charge < -0.3 is 0 Å². The highest BCUT2D eigenvalue weighted by Gasteiger charge is 2.16. The second-order valence-electron chi connectivity index (χ2n) is 6.87. The van der Waals surface area contributed by atoms with Crippen molar-refractivity contribution in [2.75, 3.05) is 31.3 Å². The zero-order valence-electron chi connectivity index (χ0n) is 18.0. The largest absolute Gasteiger partial charge is 0.197 e. The Kier molecular flexibility index (Phi) is 8.25. The van der Waals surface area contributed by atoms with Crippen LogP contribution in [0.3, 0.4) is 0 Å². The first kappa shape index (κ1) is 24.4. The molecule has 0 saturated carbocycles. The Labute approximate surface area is 207 Å². The number of hydrogen-bond donors (Lipinski definition) is 0. The highest BCUT2D eigenvalue weighted by molar-refractivity contribution is 8.02. The lowest BCUT2D eigenvalue weighted by Crippen LogP contribution is -1.90. The molecule has 0 radical (unpaired) electrons. The van der Waals surface area contributed by atoms with Crippen molar-refractivity contribution in [2.24, 2.45) is 0 Å². The Morgan fingerprint density at radius 3 is 0.900 bits per heavy atom. The fourth-order valence-electron chi connectivity index (χ4n) is 4.00. The summed E-state index contributed by atoms with van der Waals surface area (Å²) in [6, 6.07) is 14.4. The van der Waals surface area contributed by atoms with Gasteiger partial charge in [-0.2, -0.15) is 13.5 Å². The molecule has 0 spiro atoms. The van der Waals surface area contributed by atoms with Gasteiger partial charge in [0.2, 0.25) is 0 Å². The third kappa shape index (κ3) is 4.08. The fourth-order valence-corrected chi connectivity index (χ4v) is 7.60. The van der Waals surface area contributed by atoms with E-state index in [0.29, 0.717) is 0 Å². The van der Waals surface area contributed by atoms with Gasteiger partial charge in [0, 0.05) is 24.5 Å². The second kappa shape index (κ2) is 10.1. The van der Waals surface area contributed by atoms with Gasteiger partial charge in [-0.1, -0.05) is 0 Å². The number of aryl methyl sites for hydroxylation is 1. The van der Waals surface area contributed by atoms with Crippen LogP contribution in [-0.4, -0.2) is 31.3 Å². The van der Waals surface area contributed by atoms with Gasteiger partial charge in [-0.05, 0) is 112 Å². The molecule has 4 rings (SSSR count). The average Bonchev–Trinajstić information content (AvgIpc) is 2.76. The standard InChI is InChI=1S/C24H24S5.H2S/c1-13-7-14-15(8-20(13)25-2)17-10-22(27-4)24(29-6)12-19(17)18-11-23(28-5)21(26-3)9-16(14)18;/h7-12H,1-6H3;1H2. The van der Waals surface area contributed by atoms with Crippen LogP contribution >= 0.6 is 72.3 Å². The van der Waals surface area contributed by atoms with E-state index < -0.39 is 0 Å². The zero-order valence-corrected chi connectivity index (χ0v) is 23.1. The van der Waals surface area contributed by atoms with Crippen molar-refractivity contribution < 1.29 is 0 Å². The predicted octanol–water partition coefficient (Wildman–Crippen LogP) is 9.18. The number of thioether (sulfide) groups is 5. The minimum Gasteiger partial charge on any atom is -0.197 e. The van der Waals surface area contributed by atoms with Crippen molar-refractivity contribution in [1.82, 2.24) is 0 Å². The van der Waals surface area contributed by atoms with Gasteiger partial charge in [-0.25, -0.2) is 0 Å². The van der Waals surface area contributed by atoms with Crippen molar-refractivity contribution in [3.8, 4) is 0 Å². The third-order valence-electron chi connectivity index (χ3n) is 5.45. The van der Waals surface area contributed by atoms with Crippen molar-refractivity contribution >= 4 is 105 Å². The van der Waals surface area contributed by atoms with Gasteiger partial charge in [0.05, 0.1) is 0 Å². The first-order valence-corrected chi connectivity index (χ1v) is 15.4. The molecule has 0 N–H and O–H groups in total. The maximum Gasteiger partial charge on any atom is 0.0212 e. The van der Waals surface area contributed by atoms with Gasteiger partial charge >= 0.3 is 0 Å². The summed E-state index contributed by atoms with van der Waals surface area (Å²) in [5, 5.41) is 8.22. The molecule has 158 valence electrons. The maximum absolute atomic E-state index is 2.41. The van der Waals surface area contributed by atoms with E-state index in [9.17, 15) is 0 Å². The van der Waals surface area contributed by atoms with E-state index in [2.05, 4.69) is 74.6 Å². The van der Waals surface area contributed by atoms with Gasteiger partial charge in [0.25, 0.3) is 0 Å². The summed E-state index contributed by atoms with van der Waals surface area (Å²) in [6.07, 6.45) is 10.9. The van der Waals surface area contributed by atoms with Crippen LogP contribution in [0.4, 0.5) is 0 Å². The minimum atomic E-state index is 0. The summed E-state index contributed by atoms with van der Waals surface area (Å²) < 4.78 is 0. The Hall–Kier alpha value is -0.240.